The van der Waals surface area contributed by atoms with Crippen LogP contribution in [0.15, 0.2) is 42.5 Å². The number of thiocarbonyl (C=S) groups is 1. The first-order valence-electron chi connectivity index (χ1n) is 6.29. The molecule has 0 saturated heterocycles. The Morgan fingerprint density at radius 3 is 2.68 bits per heavy atom. The Morgan fingerprint density at radius 1 is 1.16 bits per heavy atom. The van der Waals surface area contributed by atoms with E-state index in [0.717, 1.165) is 22.9 Å². The van der Waals surface area contributed by atoms with Gasteiger partial charge in [-0.1, -0.05) is 43.3 Å². The number of nitrogens with one attached hydrogen (secondary N) is 2. The normalized spacial score (nSPS) is 10.2. The first-order chi connectivity index (χ1) is 9.20. The van der Waals surface area contributed by atoms with Gasteiger partial charge in [-0.25, -0.2) is 0 Å². The monoisotopic (exact) mass is 272 g/mol. The van der Waals surface area contributed by atoms with Crippen LogP contribution in [0.4, 0.5) is 5.69 Å². The molecular weight excluding hydrogens is 256 g/mol. The van der Waals surface area contributed by atoms with Crippen LogP contribution >= 0.6 is 12.2 Å². The number of anilines is 1. The summed E-state index contributed by atoms with van der Waals surface area (Å²) in [4.78, 5) is 11.5. The van der Waals surface area contributed by atoms with E-state index in [1.54, 1.807) is 0 Å². The van der Waals surface area contributed by atoms with E-state index in [0.29, 0.717) is 11.5 Å². The number of amides is 1. The molecule has 1 amide bonds. The quantitative estimate of drug-likeness (QED) is 0.841. The molecule has 0 bridgehead atoms. The first-order valence-corrected chi connectivity index (χ1v) is 6.70. The van der Waals surface area contributed by atoms with Crippen molar-refractivity contribution in [2.24, 2.45) is 0 Å². The summed E-state index contributed by atoms with van der Waals surface area (Å²) in [5, 5.41) is 8.31. The van der Waals surface area contributed by atoms with Gasteiger partial charge in [0.15, 0.2) is 5.11 Å². The predicted molar refractivity (Wildman–Crippen MR) is 83.2 cm³/mol. The topological polar surface area (TPSA) is 41.1 Å². The van der Waals surface area contributed by atoms with Crippen molar-refractivity contribution in [1.82, 2.24) is 5.32 Å². The Hall–Kier alpha value is -1.94. The van der Waals surface area contributed by atoms with Gasteiger partial charge in [-0.3, -0.25) is 4.79 Å². The third kappa shape index (κ3) is 3.51. The smallest absolute Gasteiger partial charge is 0.226 e. The van der Waals surface area contributed by atoms with Gasteiger partial charge in [0, 0.05) is 17.5 Å². The Morgan fingerprint density at radius 2 is 1.89 bits per heavy atom. The average Bonchev–Trinajstić information content (AvgIpc) is 2.39. The van der Waals surface area contributed by atoms with Gasteiger partial charge in [-0.2, -0.15) is 0 Å². The van der Waals surface area contributed by atoms with Crippen molar-refractivity contribution in [3.05, 3.63) is 42.5 Å². The molecule has 0 aliphatic carbocycles. The van der Waals surface area contributed by atoms with E-state index in [1.807, 2.05) is 49.4 Å². The van der Waals surface area contributed by atoms with E-state index >= 15 is 0 Å². The lowest BCUT2D eigenvalue weighted by Crippen LogP contribution is -2.33. The van der Waals surface area contributed by atoms with E-state index < -0.39 is 0 Å². The Labute approximate surface area is 118 Å². The van der Waals surface area contributed by atoms with E-state index in [2.05, 4.69) is 10.6 Å². The van der Waals surface area contributed by atoms with Gasteiger partial charge in [0.05, 0.1) is 0 Å². The fourth-order valence-corrected chi connectivity index (χ4v) is 2.13. The highest BCUT2D eigenvalue weighted by molar-refractivity contribution is 7.80. The highest BCUT2D eigenvalue weighted by Crippen LogP contribution is 2.22. The lowest BCUT2D eigenvalue weighted by atomic mass is 10.1. The molecular formula is C15H16N2OS. The zero-order valence-corrected chi connectivity index (χ0v) is 11.6. The SMILES string of the molecule is CCCC(=O)NC(=S)Nc1cccc2ccccc12. The van der Waals surface area contributed by atoms with Crippen molar-refractivity contribution < 1.29 is 4.79 Å². The third-order valence-corrected chi connectivity index (χ3v) is 2.97. The van der Waals surface area contributed by atoms with Gasteiger partial charge in [0.2, 0.25) is 5.91 Å². The molecule has 0 aliphatic heterocycles. The van der Waals surface area contributed by atoms with Gasteiger partial charge in [-0.15, -0.1) is 0 Å². The summed E-state index contributed by atoms with van der Waals surface area (Å²) in [5.74, 6) is -0.0553. The van der Waals surface area contributed by atoms with Crippen molar-refractivity contribution in [3.8, 4) is 0 Å². The molecule has 0 unspecified atom stereocenters. The molecule has 0 spiro atoms. The molecule has 0 atom stereocenters. The molecule has 0 fully saturated rings. The zero-order valence-electron chi connectivity index (χ0n) is 10.8. The Balaban J connectivity index is 2.13. The van der Waals surface area contributed by atoms with E-state index in [9.17, 15) is 4.79 Å². The summed E-state index contributed by atoms with van der Waals surface area (Å²) >= 11 is 5.15. The molecule has 2 rings (SSSR count). The number of rotatable bonds is 3. The summed E-state index contributed by atoms with van der Waals surface area (Å²) in [6.45, 7) is 1.96. The maximum Gasteiger partial charge on any atom is 0.226 e. The highest BCUT2D eigenvalue weighted by atomic mass is 32.1. The minimum Gasteiger partial charge on any atom is -0.332 e. The van der Waals surface area contributed by atoms with Crippen LogP contribution in [-0.4, -0.2) is 11.0 Å². The summed E-state index contributed by atoms with van der Waals surface area (Å²) in [6, 6.07) is 14.0. The number of hydrogen-bond donors (Lipinski definition) is 2. The van der Waals surface area contributed by atoms with Gasteiger partial charge in [0.25, 0.3) is 0 Å². The molecule has 2 aromatic rings. The minimum absolute atomic E-state index is 0.0553. The Kier molecular flexibility index (Phi) is 4.47. The molecule has 0 aliphatic rings. The molecule has 4 heteroatoms. The lowest BCUT2D eigenvalue weighted by molar-refractivity contribution is -0.119. The van der Waals surface area contributed by atoms with Crippen LogP contribution in [0.5, 0.6) is 0 Å². The second-order valence-electron chi connectivity index (χ2n) is 4.28. The fourth-order valence-electron chi connectivity index (χ4n) is 1.90. The number of carbonyl (C=O) groups is 1. The van der Waals surface area contributed by atoms with E-state index in [1.165, 1.54) is 0 Å². The largest absolute Gasteiger partial charge is 0.332 e. The van der Waals surface area contributed by atoms with Crippen LogP contribution in [-0.2, 0) is 4.79 Å². The van der Waals surface area contributed by atoms with Crippen molar-refractivity contribution in [3.63, 3.8) is 0 Å². The second kappa shape index (κ2) is 6.29. The van der Waals surface area contributed by atoms with E-state index in [-0.39, 0.29) is 5.91 Å². The molecule has 2 N–H and O–H groups in total. The summed E-state index contributed by atoms with van der Waals surface area (Å²) < 4.78 is 0. The van der Waals surface area contributed by atoms with E-state index in [4.69, 9.17) is 12.2 Å². The van der Waals surface area contributed by atoms with Gasteiger partial charge >= 0.3 is 0 Å². The molecule has 98 valence electrons. The molecule has 0 heterocycles. The van der Waals surface area contributed by atoms with Crippen LogP contribution in [0.3, 0.4) is 0 Å². The third-order valence-electron chi connectivity index (χ3n) is 2.77. The predicted octanol–water partition coefficient (Wildman–Crippen LogP) is 3.45. The average molecular weight is 272 g/mol. The van der Waals surface area contributed by atoms with Gasteiger partial charge < -0.3 is 10.6 Å². The zero-order chi connectivity index (χ0) is 13.7. The Bertz CT molecular complexity index is 605. The molecule has 3 nitrogen and oxygen atoms in total. The molecule has 2 aromatic carbocycles. The van der Waals surface area contributed by atoms with Crippen molar-refractivity contribution in [2.45, 2.75) is 19.8 Å². The van der Waals surface area contributed by atoms with Crippen LogP contribution in [0.25, 0.3) is 10.8 Å². The maximum absolute atomic E-state index is 11.5. The summed E-state index contributed by atoms with van der Waals surface area (Å²) in [6.07, 6.45) is 1.29. The van der Waals surface area contributed by atoms with Gasteiger partial charge in [0.1, 0.15) is 0 Å². The van der Waals surface area contributed by atoms with Crippen LogP contribution in [0.2, 0.25) is 0 Å². The molecule has 0 saturated carbocycles. The molecule has 0 aromatic heterocycles. The first kappa shape index (κ1) is 13.5. The standard InChI is InChI=1S/C15H16N2OS/c1-2-6-14(18)17-15(19)16-13-10-5-8-11-7-3-4-9-12(11)13/h3-5,7-10H,2,6H2,1H3,(H2,16,17,18,19). The lowest BCUT2D eigenvalue weighted by Gasteiger charge is -2.11. The summed E-state index contributed by atoms with van der Waals surface area (Å²) in [5.41, 5.74) is 0.903. The van der Waals surface area contributed by atoms with Crippen molar-refractivity contribution >= 4 is 39.7 Å². The number of carbonyl (C=O) groups excluding carboxylic acids is 1. The molecule has 0 radical (unpaired) electrons. The van der Waals surface area contributed by atoms with Crippen LogP contribution in [0.1, 0.15) is 19.8 Å². The fraction of sp³-hybridized carbons (Fsp3) is 0.200. The highest BCUT2D eigenvalue weighted by Gasteiger charge is 2.05. The summed E-state index contributed by atoms with van der Waals surface area (Å²) in [7, 11) is 0. The second-order valence-corrected chi connectivity index (χ2v) is 4.69. The maximum atomic E-state index is 11.5. The van der Waals surface area contributed by atoms with Crippen LogP contribution < -0.4 is 10.6 Å². The number of benzene rings is 2. The number of hydrogen-bond acceptors (Lipinski definition) is 2. The van der Waals surface area contributed by atoms with Crippen molar-refractivity contribution in [2.75, 3.05) is 5.32 Å². The van der Waals surface area contributed by atoms with Crippen molar-refractivity contribution in [1.29, 1.82) is 0 Å². The van der Waals surface area contributed by atoms with Crippen LogP contribution in [0, 0.1) is 0 Å². The molecule has 19 heavy (non-hydrogen) atoms. The minimum atomic E-state index is -0.0553. The number of fused-ring (bicyclic) bond motifs is 1. The van der Waals surface area contributed by atoms with Gasteiger partial charge in [-0.05, 0) is 30.1 Å².